The van der Waals surface area contributed by atoms with Crippen LogP contribution in [0.3, 0.4) is 0 Å². The van der Waals surface area contributed by atoms with Crippen molar-refractivity contribution in [2.45, 2.75) is 76.7 Å². The molecule has 2 heteroatoms. The Balaban J connectivity index is 0.00000128. The molecule has 2 saturated carbocycles. The topological polar surface area (TPSA) is 12.0 Å². The van der Waals surface area contributed by atoms with Crippen molar-refractivity contribution < 1.29 is 0 Å². The molecule has 2 aliphatic rings. The van der Waals surface area contributed by atoms with Crippen LogP contribution in [-0.4, -0.2) is 12.6 Å². The summed E-state index contributed by atoms with van der Waals surface area (Å²) < 4.78 is 0. The Bertz CT molecular complexity index is 158. The van der Waals surface area contributed by atoms with Gasteiger partial charge < -0.3 is 5.32 Å². The fraction of sp³-hybridized carbons (Fsp3) is 1.00. The minimum Gasteiger partial charge on any atom is -0.314 e. The summed E-state index contributed by atoms with van der Waals surface area (Å²) in [5.74, 6) is 1.00. The first-order valence-electron chi connectivity index (χ1n) is 7.18. The second-order valence-corrected chi connectivity index (χ2v) is 5.60. The average Bonchev–Trinajstić information content (AvgIpc) is 2.56. The van der Waals surface area contributed by atoms with Crippen molar-refractivity contribution in [2.24, 2.45) is 5.92 Å². The highest BCUT2D eigenvalue weighted by Crippen LogP contribution is 2.24. The highest BCUT2D eigenvalue weighted by Gasteiger charge is 2.16. The minimum absolute atomic E-state index is 0. The molecular formula is C14H28ClN. The first-order chi connectivity index (χ1) is 7.45. The van der Waals surface area contributed by atoms with Gasteiger partial charge in [0.05, 0.1) is 0 Å². The summed E-state index contributed by atoms with van der Waals surface area (Å²) in [5, 5.41) is 3.83. The monoisotopic (exact) mass is 245 g/mol. The van der Waals surface area contributed by atoms with Gasteiger partial charge in [-0.15, -0.1) is 12.4 Å². The van der Waals surface area contributed by atoms with Gasteiger partial charge in [-0.2, -0.15) is 0 Å². The van der Waals surface area contributed by atoms with Crippen LogP contribution < -0.4 is 5.32 Å². The Hall–Kier alpha value is 0.250. The number of halogens is 1. The molecule has 0 spiro atoms. The van der Waals surface area contributed by atoms with Crippen LogP contribution in [0.15, 0.2) is 0 Å². The van der Waals surface area contributed by atoms with Crippen LogP contribution in [0.2, 0.25) is 0 Å². The maximum atomic E-state index is 3.83. The summed E-state index contributed by atoms with van der Waals surface area (Å²) >= 11 is 0. The molecule has 0 unspecified atom stereocenters. The fourth-order valence-electron chi connectivity index (χ4n) is 3.21. The van der Waals surface area contributed by atoms with E-state index in [0.717, 1.165) is 12.0 Å². The van der Waals surface area contributed by atoms with Crippen LogP contribution in [0.1, 0.15) is 70.6 Å². The zero-order valence-corrected chi connectivity index (χ0v) is 11.4. The van der Waals surface area contributed by atoms with Crippen molar-refractivity contribution in [3.63, 3.8) is 0 Å². The van der Waals surface area contributed by atoms with Crippen molar-refractivity contribution in [1.82, 2.24) is 5.32 Å². The SMILES string of the molecule is C1CCC(CNC2CCCCCC2)CC1.Cl. The summed E-state index contributed by atoms with van der Waals surface area (Å²) in [7, 11) is 0. The molecule has 16 heavy (non-hydrogen) atoms. The van der Waals surface area contributed by atoms with E-state index in [9.17, 15) is 0 Å². The van der Waals surface area contributed by atoms with Crippen LogP contribution in [0.4, 0.5) is 0 Å². The number of hydrogen-bond donors (Lipinski definition) is 1. The van der Waals surface area contributed by atoms with E-state index in [1.165, 1.54) is 77.2 Å². The van der Waals surface area contributed by atoms with Gasteiger partial charge >= 0.3 is 0 Å². The van der Waals surface area contributed by atoms with E-state index in [-0.39, 0.29) is 12.4 Å². The molecule has 2 rings (SSSR count). The van der Waals surface area contributed by atoms with Crippen molar-refractivity contribution in [3.05, 3.63) is 0 Å². The number of hydrogen-bond acceptors (Lipinski definition) is 1. The van der Waals surface area contributed by atoms with Gasteiger partial charge in [0.25, 0.3) is 0 Å². The van der Waals surface area contributed by atoms with E-state index < -0.39 is 0 Å². The Morgan fingerprint density at radius 3 is 1.81 bits per heavy atom. The van der Waals surface area contributed by atoms with Crippen molar-refractivity contribution in [3.8, 4) is 0 Å². The predicted molar refractivity (Wildman–Crippen MR) is 73.3 cm³/mol. The van der Waals surface area contributed by atoms with Gasteiger partial charge in [0, 0.05) is 6.04 Å². The molecule has 96 valence electrons. The van der Waals surface area contributed by atoms with Crippen molar-refractivity contribution >= 4 is 12.4 Å². The predicted octanol–water partition coefficient (Wildman–Crippen LogP) is 4.30. The Morgan fingerprint density at radius 2 is 1.19 bits per heavy atom. The first-order valence-corrected chi connectivity index (χ1v) is 7.18. The Kier molecular flexibility index (Phi) is 7.47. The van der Waals surface area contributed by atoms with Crippen LogP contribution in [-0.2, 0) is 0 Å². The van der Waals surface area contributed by atoms with E-state index in [4.69, 9.17) is 0 Å². The first kappa shape index (κ1) is 14.3. The van der Waals surface area contributed by atoms with E-state index in [1.807, 2.05) is 0 Å². The molecule has 1 N–H and O–H groups in total. The molecule has 0 heterocycles. The van der Waals surface area contributed by atoms with Crippen LogP contribution in [0.5, 0.6) is 0 Å². The van der Waals surface area contributed by atoms with Gasteiger partial charge in [-0.3, -0.25) is 0 Å². The molecule has 0 aromatic carbocycles. The largest absolute Gasteiger partial charge is 0.314 e. The molecule has 0 aromatic rings. The summed E-state index contributed by atoms with van der Waals surface area (Å²) in [6.45, 7) is 1.31. The maximum Gasteiger partial charge on any atom is 0.00671 e. The minimum atomic E-state index is 0. The summed E-state index contributed by atoms with van der Waals surface area (Å²) in [4.78, 5) is 0. The summed E-state index contributed by atoms with van der Waals surface area (Å²) in [6, 6.07) is 0.856. The number of rotatable bonds is 3. The number of nitrogens with one attached hydrogen (secondary N) is 1. The molecule has 2 aliphatic carbocycles. The third kappa shape index (κ3) is 5.05. The van der Waals surface area contributed by atoms with Crippen LogP contribution >= 0.6 is 12.4 Å². The van der Waals surface area contributed by atoms with Gasteiger partial charge in [0.1, 0.15) is 0 Å². The Morgan fingerprint density at radius 1 is 0.688 bits per heavy atom. The lowest BCUT2D eigenvalue weighted by molar-refractivity contribution is 0.319. The molecule has 0 saturated heterocycles. The summed E-state index contributed by atoms with van der Waals surface area (Å²) in [6.07, 6.45) is 16.2. The second-order valence-electron chi connectivity index (χ2n) is 5.60. The third-order valence-corrected chi connectivity index (χ3v) is 4.28. The highest BCUT2D eigenvalue weighted by atomic mass is 35.5. The average molecular weight is 246 g/mol. The quantitative estimate of drug-likeness (QED) is 0.731. The molecule has 0 aromatic heterocycles. The molecule has 0 bridgehead atoms. The van der Waals surface area contributed by atoms with Gasteiger partial charge in [-0.25, -0.2) is 0 Å². The van der Waals surface area contributed by atoms with Crippen molar-refractivity contribution in [1.29, 1.82) is 0 Å². The lowest BCUT2D eigenvalue weighted by atomic mass is 9.89. The lowest BCUT2D eigenvalue weighted by Crippen LogP contribution is -2.33. The maximum absolute atomic E-state index is 3.83. The molecule has 0 amide bonds. The van der Waals surface area contributed by atoms with Gasteiger partial charge in [0.2, 0.25) is 0 Å². The van der Waals surface area contributed by atoms with E-state index in [1.54, 1.807) is 0 Å². The summed E-state index contributed by atoms with van der Waals surface area (Å²) in [5.41, 5.74) is 0. The molecule has 1 nitrogen and oxygen atoms in total. The van der Waals surface area contributed by atoms with Crippen LogP contribution in [0, 0.1) is 5.92 Å². The normalized spacial score (nSPS) is 24.8. The van der Waals surface area contributed by atoms with E-state index in [2.05, 4.69) is 5.32 Å². The van der Waals surface area contributed by atoms with Crippen LogP contribution in [0.25, 0.3) is 0 Å². The van der Waals surface area contributed by atoms with Gasteiger partial charge in [-0.1, -0.05) is 44.9 Å². The van der Waals surface area contributed by atoms with E-state index >= 15 is 0 Å². The zero-order valence-electron chi connectivity index (χ0n) is 10.5. The lowest BCUT2D eigenvalue weighted by Gasteiger charge is -2.25. The standard InChI is InChI=1S/C14H27N.ClH/c1-2-7-11-14(10-6-1)15-12-13-8-4-3-5-9-13;/h13-15H,1-12H2;1H. The zero-order chi connectivity index (χ0) is 10.3. The molecular weight excluding hydrogens is 218 g/mol. The fourth-order valence-corrected chi connectivity index (χ4v) is 3.21. The smallest absolute Gasteiger partial charge is 0.00671 e. The molecule has 2 fully saturated rings. The third-order valence-electron chi connectivity index (χ3n) is 4.28. The van der Waals surface area contributed by atoms with Gasteiger partial charge in [0.15, 0.2) is 0 Å². The molecule has 0 aliphatic heterocycles. The molecule has 0 atom stereocenters. The van der Waals surface area contributed by atoms with E-state index in [0.29, 0.717) is 0 Å². The van der Waals surface area contributed by atoms with Crippen molar-refractivity contribution in [2.75, 3.05) is 6.54 Å². The Labute approximate surface area is 107 Å². The van der Waals surface area contributed by atoms with Gasteiger partial charge in [-0.05, 0) is 38.1 Å². The second kappa shape index (κ2) is 8.36. The molecule has 0 radical (unpaired) electrons. The highest BCUT2D eigenvalue weighted by molar-refractivity contribution is 5.85.